The Labute approximate surface area is 157 Å². The summed E-state index contributed by atoms with van der Waals surface area (Å²) in [5, 5.41) is 26.3. The van der Waals surface area contributed by atoms with Crippen molar-refractivity contribution in [1.82, 2.24) is 5.32 Å². The number of aromatic hydroxyl groups is 1. The standard InChI is InChI=1S/C22H19N3O2/c1-15-8-10-16(11-9-15)13-24-14-17(12-23)22(27)25-20-6-2-5-19-18(20)4-3-7-21(19)26/h2-11,14,24,26H,13H2,1H3,(H,25,27)/b17-14-. The average Bonchev–Trinajstić information content (AvgIpc) is 2.67. The van der Waals surface area contributed by atoms with Gasteiger partial charge in [-0.1, -0.05) is 54.1 Å². The summed E-state index contributed by atoms with van der Waals surface area (Å²) in [6.07, 6.45) is 1.41. The van der Waals surface area contributed by atoms with E-state index in [4.69, 9.17) is 0 Å². The molecule has 27 heavy (non-hydrogen) atoms. The fourth-order valence-electron chi connectivity index (χ4n) is 2.72. The maximum Gasteiger partial charge on any atom is 0.267 e. The third kappa shape index (κ3) is 4.25. The van der Waals surface area contributed by atoms with E-state index in [0.717, 1.165) is 5.56 Å². The zero-order valence-electron chi connectivity index (χ0n) is 14.9. The van der Waals surface area contributed by atoms with E-state index in [1.54, 1.807) is 36.4 Å². The molecular formula is C22H19N3O2. The summed E-state index contributed by atoms with van der Waals surface area (Å²) in [7, 11) is 0. The van der Waals surface area contributed by atoms with Gasteiger partial charge in [-0.3, -0.25) is 4.79 Å². The molecule has 0 aliphatic heterocycles. The number of carbonyl (C=O) groups is 1. The molecule has 0 spiro atoms. The van der Waals surface area contributed by atoms with Crippen molar-refractivity contribution in [2.45, 2.75) is 13.5 Å². The van der Waals surface area contributed by atoms with Crippen LogP contribution in [0.25, 0.3) is 10.8 Å². The fourth-order valence-corrected chi connectivity index (χ4v) is 2.72. The molecule has 0 aromatic heterocycles. The summed E-state index contributed by atoms with van der Waals surface area (Å²) in [6.45, 7) is 2.53. The lowest BCUT2D eigenvalue weighted by Gasteiger charge is -2.09. The van der Waals surface area contributed by atoms with E-state index in [1.807, 2.05) is 37.3 Å². The summed E-state index contributed by atoms with van der Waals surface area (Å²) < 4.78 is 0. The second kappa shape index (κ2) is 8.07. The van der Waals surface area contributed by atoms with Crippen molar-refractivity contribution in [3.63, 3.8) is 0 Å². The van der Waals surface area contributed by atoms with Gasteiger partial charge in [-0.2, -0.15) is 5.26 Å². The molecule has 0 aliphatic rings. The molecule has 0 saturated carbocycles. The molecule has 5 heteroatoms. The average molecular weight is 357 g/mol. The van der Waals surface area contributed by atoms with Crippen LogP contribution in [0.1, 0.15) is 11.1 Å². The highest BCUT2D eigenvalue weighted by Crippen LogP contribution is 2.29. The van der Waals surface area contributed by atoms with Crippen LogP contribution in [0.5, 0.6) is 5.75 Å². The van der Waals surface area contributed by atoms with Crippen molar-refractivity contribution in [3.8, 4) is 11.8 Å². The number of amides is 1. The molecule has 3 aromatic rings. The fraction of sp³-hybridized carbons (Fsp3) is 0.0909. The highest BCUT2D eigenvalue weighted by atomic mass is 16.3. The molecule has 3 aromatic carbocycles. The minimum absolute atomic E-state index is 0.0285. The second-order valence-electron chi connectivity index (χ2n) is 6.17. The Morgan fingerprint density at radius 1 is 1.07 bits per heavy atom. The molecule has 3 N–H and O–H groups in total. The number of aryl methyl sites for hydroxylation is 1. The van der Waals surface area contributed by atoms with Gasteiger partial charge in [0.05, 0.1) is 0 Å². The van der Waals surface area contributed by atoms with Crippen LogP contribution in [0.2, 0.25) is 0 Å². The predicted octanol–water partition coefficient (Wildman–Crippen LogP) is 3.99. The number of fused-ring (bicyclic) bond motifs is 1. The van der Waals surface area contributed by atoms with Gasteiger partial charge in [-0.25, -0.2) is 0 Å². The number of nitriles is 1. The number of phenolic OH excluding ortho intramolecular Hbond substituents is 1. The van der Waals surface area contributed by atoms with Crippen LogP contribution in [0.3, 0.4) is 0 Å². The molecule has 1 amide bonds. The summed E-state index contributed by atoms with van der Waals surface area (Å²) in [4.78, 5) is 12.5. The maximum atomic E-state index is 12.5. The molecule has 0 saturated heterocycles. The Morgan fingerprint density at radius 2 is 1.78 bits per heavy atom. The number of hydrogen-bond donors (Lipinski definition) is 3. The van der Waals surface area contributed by atoms with E-state index in [9.17, 15) is 15.2 Å². The van der Waals surface area contributed by atoms with E-state index in [-0.39, 0.29) is 11.3 Å². The van der Waals surface area contributed by atoms with E-state index in [2.05, 4.69) is 10.6 Å². The van der Waals surface area contributed by atoms with Crippen molar-refractivity contribution in [2.24, 2.45) is 0 Å². The van der Waals surface area contributed by atoms with Gasteiger partial charge in [-0.15, -0.1) is 0 Å². The first-order valence-corrected chi connectivity index (χ1v) is 8.50. The summed E-state index contributed by atoms with van der Waals surface area (Å²) in [5.74, 6) is -0.371. The van der Waals surface area contributed by atoms with E-state index in [0.29, 0.717) is 23.0 Å². The van der Waals surface area contributed by atoms with E-state index in [1.165, 1.54) is 11.8 Å². The first-order chi connectivity index (χ1) is 13.1. The Kier molecular flexibility index (Phi) is 5.38. The number of anilines is 1. The van der Waals surface area contributed by atoms with Crippen LogP contribution < -0.4 is 10.6 Å². The van der Waals surface area contributed by atoms with Gasteiger partial charge in [0.2, 0.25) is 0 Å². The minimum atomic E-state index is -0.509. The van der Waals surface area contributed by atoms with Gasteiger partial charge in [0, 0.05) is 29.2 Å². The molecule has 0 fully saturated rings. The smallest absolute Gasteiger partial charge is 0.267 e. The van der Waals surface area contributed by atoms with Gasteiger partial charge in [0.15, 0.2) is 0 Å². The van der Waals surface area contributed by atoms with Crippen LogP contribution in [0.4, 0.5) is 5.69 Å². The third-order valence-corrected chi connectivity index (χ3v) is 4.19. The van der Waals surface area contributed by atoms with Crippen molar-refractivity contribution in [3.05, 3.63) is 83.6 Å². The molecule has 3 rings (SSSR count). The molecule has 0 unspecified atom stereocenters. The van der Waals surface area contributed by atoms with Gasteiger partial charge in [0.25, 0.3) is 5.91 Å². The topological polar surface area (TPSA) is 85.2 Å². The monoisotopic (exact) mass is 357 g/mol. The predicted molar refractivity (Wildman–Crippen MR) is 106 cm³/mol. The van der Waals surface area contributed by atoms with Crippen LogP contribution in [-0.2, 0) is 11.3 Å². The van der Waals surface area contributed by atoms with Crippen LogP contribution in [0, 0.1) is 18.3 Å². The Morgan fingerprint density at radius 3 is 2.52 bits per heavy atom. The molecule has 0 aliphatic carbocycles. The lowest BCUT2D eigenvalue weighted by atomic mass is 10.1. The quantitative estimate of drug-likeness (QED) is 0.476. The van der Waals surface area contributed by atoms with Crippen LogP contribution >= 0.6 is 0 Å². The normalized spacial score (nSPS) is 11.0. The number of nitrogens with one attached hydrogen (secondary N) is 2. The number of benzene rings is 3. The lowest BCUT2D eigenvalue weighted by molar-refractivity contribution is -0.112. The van der Waals surface area contributed by atoms with Gasteiger partial charge >= 0.3 is 0 Å². The SMILES string of the molecule is Cc1ccc(CN/C=C(/C#N)C(=O)Nc2cccc3c(O)cccc23)cc1. The highest BCUT2D eigenvalue weighted by Gasteiger charge is 2.12. The first-order valence-electron chi connectivity index (χ1n) is 8.50. The third-order valence-electron chi connectivity index (χ3n) is 4.19. The number of hydrogen-bond acceptors (Lipinski definition) is 4. The molecule has 0 radical (unpaired) electrons. The van der Waals surface area contributed by atoms with Gasteiger partial charge < -0.3 is 15.7 Å². The van der Waals surface area contributed by atoms with Crippen molar-refractivity contribution >= 4 is 22.4 Å². The number of nitrogens with zero attached hydrogens (tertiary/aromatic N) is 1. The number of rotatable bonds is 5. The summed E-state index contributed by atoms with van der Waals surface area (Å²) in [6, 6.07) is 20.2. The Balaban J connectivity index is 1.73. The van der Waals surface area contributed by atoms with Crippen molar-refractivity contribution < 1.29 is 9.90 Å². The van der Waals surface area contributed by atoms with Crippen LogP contribution in [-0.4, -0.2) is 11.0 Å². The summed E-state index contributed by atoms with van der Waals surface area (Å²) >= 11 is 0. The van der Waals surface area contributed by atoms with Crippen molar-refractivity contribution in [2.75, 3.05) is 5.32 Å². The second-order valence-corrected chi connectivity index (χ2v) is 6.17. The van der Waals surface area contributed by atoms with Gasteiger partial charge in [0.1, 0.15) is 17.4 Å². The zero-order chi connectivity index (χ0) is 19.2. The van der Waals surface area contributed by atoms with E-state index >= 15 is 0 Å². The summed E-state index contributed by atoms with van der Waals surface area (Å²) in [5.41, 5.74) is 2.74. The lowest BCUT2D eigenvalue weighted by Crippen LogP contribution is -2.16. The van der Waals surface area contributed by atoms with Gasteiger partial charge in [-0.05, 0) is 24.6 Å². The zero-order valence-corrected chi connectivity index (χ0v) is 14.9. The molecular weight excluding hydrogens is 338 g/mol. The molecule has 0 heterocycles. The number of carbonyl (C=O) groups excluding carboxylic acids is 1. The number of phenols is 1. The maximum absolute atomic E-state index is 12.5. The molecule has 5 nitrogen and oxygen atoms in total. The van der Waals surface area contributed by atoms with Crippen LogP contribution in [0.15, 0.2) is 72.4 Å². The first kappa shape index (κ1) is 18.0. The van der Waals surface area contributed by atoms with Crippen molar-refractivity contribution in [1.29, 1.82) is 5.26 Å². The highest BCUT2D eigenvalue weighted by molar-refractivity contribution is 6.11. The van der Waals surface area contributed by atoms with E-state index < -0.39 is 5.91 Å². The Bertz CT molecular complexity index is 1050. The minimum Gasteiger partial charge on any atom is -0.507 e. The molecule has 0 bridgehead atoms. The molecule has 0 atom stereocenters. The Hall–Kier alpha value is -3.78. The largest absolute Gasteiger partial charge is 0.507 e. The molecule has 134 valence electrons.